The second-order valence-electron chi connectivity index (χ2n) is 4.70. The minimum atomic E-state index is -0.00230. The van der Waals surface area contributed by atoms with Gasteiger partial charge in [-0.2, -0.15) is 0 Å². The standard InChI is InChI=1S/C13H16ClNO/c1-2-13-8-15-6-11(13)9-4-3-5-12(14)10(9)7-16-13/h3-5,11,15H,2,6-8H2,1H3/t11-,13-/m0/s1. The summed E-state index contributed by atoms with van der Waals surface area (Å²) in [6.45, 7) is 4.82. The van der Waals surface area contributed by atoms with E-state index in [-0.39, 0.29) is 5.60 Å². The van der Waals surface area contributed by atoms with Crippen LogP contribution in [0.1, 0.15) is 30.4 Å². The van der Waals surface area contributed by atoms with E-state index < -0.39 is 0 Å². The lowest BCUT2D eigenvalue weighted by Gasteiger charge is -2.39. The largest absolute Gasteiger partial charge is 0.368 e. The van der Waals surface area contributed by atoms with Crippen molar-refractivity contribution >= 4 is 11.6 Å². The second kappa shape index (κ2) is 3.73. The summed E-state index contributed by atoms with van der Waals surface area (Å²) in [6, 6.07) is 6.20. The van der Waals surface area contributed by atoms with Crippen molar-refractivity contribution in [1.82, 2.24) is 5.32 Å². The van der Waals surface area contributed by atoms with Crippen molar-refractivity contribution < 1.29 is 4.74 Å². The van der Waals surface area contributed by atoms with Crippen LogP contribution in [0.3, 0.4) is 0 Å². The number of benzene rings is 1. The summed E-state index contributed by atoms with van der Waals surface area (Å²) < 4.78 is 6.10. The van der Waals surface area contributed by atoms with Gasteiger partial charge in [0.15, 0.2) is 0 Å². The Balaban J connectivity index is 2.10. The first-order valence-corrected chi connectivity index (χ1v) is 6.26. The molecule has 2 heterocycles. The Hall–Kier alpha value is -0.570. The molecule has 1 N–H and O–H groups in total. The summed E-state index contributed by atoms with van der Waals surface area (Å²) in [5.74, 6) is 0.458. The van der Waals surface area contributed by atoms with Gasteiger partial charge in [-0.1, -0.05) is 30.7 Å². The predicted molar refractivity (Wildman–Crippen MR) is 64.9 cm³/mol. The summed E-state index contributed by atoms with van der Waals surface area (Å²) in [5, 5.41) is 4.29. The van der Waals surface area contributed by atoms with E-state index in [1.54, 1.807) is 0 Å². The van der Waals surface area contributed by atoms with Gasteiger partial charge in [-0.25, -0.2) is 0 Å². The fourth-order valence-corrected chi connectivity index (χ4v) is 3.26. The van der Waals surface area contributed by atoms with Gasteiger partial charge in [0.1, 0.15) is 0 Å². The van der Waals surface area contributed by atoms with Gasteiger partial charge in [0, 0.05) is 24.0 Å². The lowest BCUT2D eigenvalue weighted by Crippen LogP contribution is -2.42. The lowest BCUT2D eigenvalue weighted by atomic mass is 9.79. The first-order valence-electron chi connectivity index (χ1n) is 5.89. The normalized spacial score (nSPS) is 32.2. The van der Waals surface area contributed by atoms with E-state index in [2.05, 4.69) is 18.3 Å². The number of nitrogens with one attached hydrogen (secondary N) is 1. The predicted octanol–water partition coefficient (Wildman–Crippen LogP) is 2.71. The highest BCUT2D eigenvalue weighted by molar-refractivity contribution is 6.31. The molecule has 2 aliphatic heterocycles. The molecule has 0 spiro atoms. The summed E-state index contributed by atoms with van der Waals surface area (Å²) in [6.07, 6.45) is 1.05. The molecule has 0 saturated carbocycles. The Kier molecular flexibility index (Phi) is 2.46. The topological polar surface area (TPSA) is 21.3 Å². The molecule has 2 nitrogen and oxygen atoms in total. The van der Waals surface area contributed by atoms with Crippen molar-refractivity contribution in [3.8, 4) is 0 Å². The molecule has 0 amide bonds. The van der Waals surface area contributed by atoms with E-state index >= 15 is 0 Å². The van der Waals surface area contributed by atoms with Gasteiger partial charge in [-0.3, -0.25) is 0 Å². The zero-order chi connectivity index (χ0) is 11.2. The van der Waals surface area contributed by atoms with E-state index in [1.807, 2.05) is 12.1 Å². The summed E-state index contributed by atoms with van der Waals surface area (Å²) in [7, 11) is 0. The van der Waals surface area contributed by atoms with Crippen LogP contribution in [0.25, 0.3) is 0 Å². The molecule has 3 rings (SSSR count). The Morgan fingerprint density at radius 1 is 1.56 bits per heavy atom. The van der Waals surface area contributed by atoms with Crippen LogP contribution in [0.2, 0.25) is 5.02 Å². The number of halogens is 1. The van der Waals surface area contributed by atoms with Crippen LogP contribution in [0.5, 0.6) is 0 Å². The van der Waals surface area contributed by atoms with E-state index in [0.717, 1.165) is 24.5 Å². The van der Waals surface area contributed by atoms with Gasteiger partial charge in [-0.05, 0) is 23.6 Å². The van der Waals surface area contributed by atoms with E-state index in [0.29, 0.717) is 12.5 Å². The maximum absolute atomic E-state index is 6.22. The van der Waals surface area contributed by atoms with E-state index in [4.69, 9.17) is 16.3 Å². The monoisotopic (exact) mass is 237 g/mol. The van der Waals surface area contributed by atoms with Crippen LogP contribution >= 0.6 is 11.6 Å². The maximum Gasteiger partial charge on any atom is 0.0888 e. The third-order valence-corrected chi connectivity index (χ3v) is 4.39. The highest BCUT2D eigenvalue weighted by atomic mass is 35.5. The van der Waals surface area contributed by atoms with Crippen molar-refractivity contribution in [3.05, 3.63) is 34.3 Å². The quantitative estimate of drug-likeness (QED) is 0.811. The molecule has 86 valence electrons. The number of fused-ring (bicyclic) bond motifs is 3. The zero-order valence-corrected chi connectivity index (χ0v) is 10.2. The van der Waals surface area contributed by atoms with Gasteiger partial charge in [0.2, 0.25) is 0 Å². The molecule has 1 aromatic rings. The Morgan fingerprint density at radius 3 is 3.25 bits per heavy atom. The Bertz CT molecular complexity index is 420. The van der Waals surface area contributed by atoms with Gasteiger partial charge in [0.05, 0.1) is 12.2 Å². The molecule has 0 aromatic heterocycles. The molecule has 2 aliphatic rings. The molecule has 0 bridgehead atoms. The highest BCUT2D eigenvalue weighted by Gasteiger charge is 2.46. The van der Waals surface area contributed by atoms with Crippen molar-refractivity contribution in [2.24, 2.45) is 0 Å². The zero-order valence-electron chi connectivity index (χ0n) is 9.42. The van der Waals surface area contributed by atoms with Crippen LogP contribution in [0.4, 0.5) is 0 Å². The van der Waals surface area contributed by atoms with E-state index in [1.165, 1.54) is 11.1 Å². The van der Waals surface area contributed by atoms with Crippen molar-refractivity contribution in [2.45, 2.75) is 31.5 Å². The number of ether oxygens (including phenoxy) is 1. The summed E-state index contributed by atoms with van der Waals surface area (Å²) in [4.78, 5) is 0. The minimum absolute atomic E-state index is 0.00230. The van der Waals surface area contributed by atoms with Crippen LogP contribution in [0, 0.1) is 0 Å². The number of hydrogen-bond donors (Lipinski definition) is 1. The highest BCUT2D eigenvalue weighted by Crippen LogP contribution is 2.44. The molecule has 0 aliphatic carbocycles. The second-order valence-corrected chi connectivity index (χ2v) is 5.11. The third kappa shape index (κ3) is 1.33. The van der Waals surface area contributed by atoms with Gasteiger partial charge in [-0.15, -0.1) is 0 Å². The SMILES string of the molecule is CC[C@]12CNC[C@H]1c1cccc(Cl)c1CO2. The van der Waals surface area contributed by atoms with Crippen LogP contribution in [-0.2, 0) is 11.3 Å². The molecule has 3 heteroatoms. The average molecular weight is 238 g/mol. The molecular weight excluding hydrogens is 222 g/mol. The summed E-state index contributed by atoms with van der Waals surface area (Å²) in [5.41, 5.74) is 2.56. The molecule has 1 saturated heterocycles. The summed E-state index contributed by atoms with van der Waals surface area (Å²) >= 11 is 6.22. The van der Waals surface area contributed by atoms with Crippen LogP contribution in [0.15, 0.2) is 18.2 Å². The molecule has 0 radical (unpaired) electrons. The number of hydrogen-bond acceptors (Lipinski definition) is 2. The van der Waals surface area contributed by atoms with E-state index in [9.17, 15) is 0 Å². The molecule has 1 aromatic carbocycles. The Morgan fingerprint density at radius 2 is 2.44 bits per heavy atom. The van der Waals surface area contributed by atoms with Gasteiger partial charge >= 0.3 is 0 Å². The molecule has 2 atom stereocenters. The van der Waals surface area contributed by atoms with Gasteiger partial charge < -0.3 is 10.1 Å². The van der Waals surface area contributed by atoms with Crippen molar-refractivity contribution in [3.63, 3.8) is 0 Å². The smallest absolute Gasteiger partial charge is 0.0888 e. The fourth-order valence-electron chi connectivity index (χ4n) is 3.03. The lowest BCUT2D eigenvalue weighted by molar-refractivity contribution is -0.0678. The third-order valence-electron chi connectivity index (χ3n) is 4.04. The van der Waals surface area contributed by atoms with Crippen molar-refractivity contribution in [2.75, 3.05) is 13.1 Å². The van der Waals surface area contributed by atoms with Gasteiger partial charge in [0.25, 0.3) is 0 Å². The van der Waals surface area contributed by atoms with Crippen LogP contribution in [-0.4, -0.2) is 18.7 Å². The van der Waals surface area contributed by atoms with Crippen LogP contribution < -0.4 is 5.32 Å². The number of rotatable bonds is 1. The molecule has 0 unspecified atom stereocenters. The average Bonchev–Trinajstić information content (AvgIpc) is 2.74. The maximum atomic E-state index is 6.22. The molecule has 16 heavy (non-hydrogen) atoms. The Labute approximate surface area is 101 Å². The minimum Gasteiger partial charge on any atom is -0.368 e. The molecular formula is C13H16ClNO. The first kappa shape index (κ1) is 10.6. The first-order chi connectivity index (χ1) is 7.77. The molecule has 1 fully saturated rings. The fraction of sp³-hybridized carbons (Fsp3) is 0.538. The van der Waals surface area contributed by atoms with Crippen molar-refractivity contribution in [1.29, 1.82) is 0 Å².